The van der Waals surface area contributed by atoms with Crippen LogP contribution >= 0.6 is 0 Å². The van der Waals surface area contributed by atoms with Gasteiger partial charge in [0, 0.05) is 26.7 Å². The molecule has 1 aromatic heterocycles. The molecule has 0 spiro atoms. The maximum Gasteiger partial charge on any atom is 0.321 e. The van der Waals surface area contributed by atoms with Crippen LogP contribution in [0, 0.1) is 5.92 Å². The molecule has 1 atom stereocenters. The smallest absolute Gasteiger partial charge is 0.321 e. The lowest BCUT2D eigenvalue weighted by atomic mass is 9.97. The zero-order valence-corrected chi connectivity index (χ0v) is 17.3. The summed E-state index contributed by atoms with van der Waals surface area (Å²) < 4.78 is 7.68. The number of urea groups is 1. The van der Waals surface area contributed by atoms with Gasteiger partial charge in [0.2, 0.25) is 0 Å². The molecular weight excluding hydrogens is 328 g/mol. The van der Waals surface area contributed by atoms with E-state index in [9.17, 15) is 4.79 Å². The molecule has 2 rings (SSSR count). The van der Waals surface area contributed by atoms with E-state index in [1.54, 1.807) is 13.3 Å². The third-order valence-electron chi connectivity index (χ3n) is 5.41. The number of aromatic nitrogens is 2. The normalized spacial score (nSPS) is 21.3. The number of methoxy groups -OCH3 is 1. The van der Waals surface area contributed by atoms with E-state index in [2.05, 4.69) is 45.0 Å². The summed E-state index contributed by atoms with van der Waals surface area (Å²) >= 11 is 0. The summed E-state index contributed by atoms with van der Waals surface area (Å²) in [5.41, 5.74) is 1.82. The second-order valence-electron chi connectivity index (χ2n) is 8.43. The summed E-state index contributed by atoms with van der Waals surface area (Å²) in [6.45, 7) is 13.2. The van der Waals surface area contributed by atoms with Crippen LogP contribution < -0.4 is 5.32 Å². The van der Waals surface area contributed by atoms with Gasteiger partial charge in [0.15, 0.2) is 0 Å². The summed E-state index contributed by atoms with van der Waals surface area (Å²) in [4.78, 5) is 14.7. The van der Waals surface area contributed by atoms with Crippen molar-refractivity contribution in [3.8, 4) is 0 Å². The predicted molar refractivity (Wildman–Crippen MR) is 106 cm³/mol. The van der Waals surface area contributed by atoms with Crippen LogP contribution in [0.5, 0.6) is 0 Å². The summed E-state index contributed by atoms with van der Waals surface area (Å²) in [7, 11) is 1.76. The number of nitrogens with one attached hydrogen (secondary N) is 1. The number of carbonyl (C=O) groups excluding carboxylic acids is 1. The molecule has 26 heavy (non-hydrogen) atoms. The average Bonchev–Trinajstić information content (AvgIpc) is 2.87. The fourth-order valence-corrected chi connectivity index (χ4v) is 3.51. The van der Waals surface area contributed by atoms with Crippen LogP contribution in [0.2, 0.25) is 0 Å². The van der Waals surface area contributed by atoms with E-state index in [1.807, 2.05) is 9.58 Å². The van der Waals surface area contributed by atoms with Gasteiger partial charge < -0.3 is 15.0 Å². The number of rotatable bonds is 6. The molecule has 0 bridgehead atoms. The Morgan fingerprint density at radius 1 is 1.31 bits per heavy atom. The van der Waals surface area contributed by atoms with E-state index in [0.29, 0.717) is 18.4 Å². The number of hydrogen-bond donors (Lipinski definition) is 1. The Labute approximate surface area is 158 Å². The number of carbonyl (C=O) groups is 1. The molecule has 148 valence electrons. The summed E-state index contributed by atoms with van der Waals surface area (Å²) in [5, 5.41) is 7.63. The molecule has 2 heterocycles. The van der Waals surface area contributed by atoms with Gasteiger partial charge in [-0.2, -0.15) is 5.10 Å². The lowest BCUT2D eigenvalue weighted by Gasteiger charge is -2.26. The van der Waals surface area contributed by atoms with Crippen molar-refractivity contribution in [2.75, 3.05) is 25.5 Å². The Hall–Kier alpha value is -1.56. The molecule has 6 nitrogen and oxygen atoms in total. The van der Waals surface area contributed by atoms with Crippen LogP contribution in [-0.4, -0.2) is 46.5 Å². The van der Waals surface area contributed by atoms with Crippen molar-refractivity contribution in [1.82, 2.24) is 14.7 Å². The molecule has 1 N–H and O–H groups in total. The number of aryl methyl sites for hydroxylation is 1. The van der Waals surface area contributed by atoms with Gasteiger partial charge in [0.25, 0.3) is 0 Å². The lowest BCUT2D eigenvalue weighted by Crippen LogP contribution is -2.37. The van der Waals surface area contributed by atoms with Gasteiger partial charge >= 0.3 is 6.03 Å². The zero-order chi connectivity index (χ0) is 19.3. The van der Waals surface area contributed by atoms with Crippen molar-refractivity contribution in [3.05, 3.63) is 11.9 Å². The molecule has 0 saturated carbocycles. The highest BCUT2D eigenvalue weighted by molar-refractivity contribution is 5.90. The first-order chi connectivity index (χ1) is 12.3. The van der Waals surface area contributed by atoms with Crippen molar-refractivity contribution in [3.63, 3.8) is 0 Å². The Morgan fingerprint density at radius 2 is 2.04 bits per heavy atom. The second kappa shape index (κ2) is 8.89. The summed E-state index contributed by atoms with van der Waals surface area (Å²) in [5.74, 6) is 0.935. The molecule has 0 aromatic carbocycles. The highest BCUT2D eigenvalue weighted by Gasteiger charge is 2.29. The third kappa shape index (κ3) is 5.22. The Morgan fingerprint density at radius 3 is 2.65 bits per heavy atom. The molecule has 1 aliphatic heterocycles. The Bertz CT molecular complexity index is 597. The van der Waals surface area contributed by atoms with E-state index in [1.165, 1.54) is 0 Å². The van der Waals surface area contributed by atoms with Crippen molar-refractivity contribution < 1.29 is 9.53 Å². The molecule has 1 saturated heterocycles. The van der Waals surface area contributed by atoms with Crippen LogP contribution in [0.3, 0.4) is 0 Å². The maximum absolute atomic E-state index is 12.8. The maximum atomic E-state index is 12.8. The average molecular weight is 365 g/mol. The number of ether oxygens (including phenoxy) is 1. The number of anilines is 1. The van der Waals surface area contributed by atoms with Crippen LogP contribution in [-0.2, 0) is 11.3 Å². The fourth-order valence-electron chi connectivity index (χ4n) is 3.51. The van der Waals surface area contributed by atoms with E-state index >= 15 is 0 Å². The molecule has 1 fully saturated rings. The number of hydrogen-bond acceptors (Lipinski definition) is 3. The number of amides is 2. The molecule has 6 heteroatoms. The van der Waals surface area contributed by atoms with E-state index in [-0.39, 0.29) is 11.6 Å². The SMILES string of the molecule is COC1(C)CCCN(C(=O)Nc2cnn(CCC(C)C)c2C(C)C)CC1. The molecular formula is C20H36N4O2. The number of nitrogens with zero attached hydrogens (tertiary/aromatic N) is 3. The zero-order valence-electron chi connectivity index (χ0n) is 17.3. The van der Waals surface area contributed by atoms with Gasteiger partial charge in [-0.25, -0.2) is 4.79 Å². The predicted octanol–water partition coefficient (Wildman–Crippen LogP) is 4.48. The van der Waals surface area contributed by atoms with Gasteiger partial charge in [0.1, 0.15) is 0 Å². The second-order valence-corrected chi connectivity index (χ2v) is 8.43. The standard InChI is InChI=1S/C20H36N4O2/c1-15(2)8-12-24-18(16(3)4)17(14-21-24)22-19(25)23-11-7-9-20(5,26-6)10-13-23/h14-16H,7-13H2,1-6H3,(H,22,25). The molecule has 2 amide bonds. The number of likely N-dealkylation sites (tertiary alicyclic amines) is 1. The van der Waals surface area contributed by atoms with Crippen molar-refractivity contribution in [2.24, 2.45) is 5.92 Å². The van der Waals surface area contributed by atoms with Crippen LogP contribution in [0.25, 0.3) is 0 Å². The van der Waals surface area contributed by atoms with E-state index in [0.717, 1.165) is 50.2 Å². The van der Waals surface area contributed by atoms with E-state index < -0.39 is 0 Å². The lowest BCUT2D eigenvalue weighted by molar-refractivity contribution is -0.00491. The van der Waals surface area contributed by atoms with Gasteiger partial charge in [-0.15, -0.1) is 0 Å². The third-order valence-corrected chi connectivity index (χ3v) is 5.41. The molecule has 0 aliphatic carbocycles. The van der Waals surface area contributed by atoms with Gasteiger partial charge in [-0.1, -0.05) is 27.7 Å². The van der Waals surface area contributed by atoms with Gasteiger partial charge in [-0.3, -0.25) is 4.68 Å². The van der Waals surface area contributed by atoms with Gasteiger partial charge in [0.05, 0.1) is 23.2 Å². The monoisotopic (exact) mass is 364 g/mol. The minimum Gasteiger partial charge on any atom is -0.378 e. The van der Waals surface area contributed by atoms with Crippen LogP contribution in [0.4, 0.5) is 10.5 Å². The minimum atomic E-state index is -0.125. The molecule has 1 aromatic rings. The highest BCUT2D eigenvalue weighted by atomic mass is 16.5. The first-order valence-electron chi connectivity index (χ1n) is 9.92. The first-order valence-corrected chi connectivity index (χ1v) is 9.92. The molecule has 1 unspecified atom stereocenters. The fraction of sp³-hybridized carbons (Fsp3) is 0.800. The largest absolute Gasteiger partial charge is 0.378 e. The van der Waals surface area contributed by atoms with Crippen molar-refractivity contribution in [1.29, 1.82) is 0 Å². The van der Waals surface area contributed by atoms with Crippen molar-refractivity contribution in [2.45, 2.75) is 78.4 Å². The minimum absolute atomic E-state index is 0.0318. The van der Waals surface area contributed by atoms with Crippen LogP contribution in [0.1, 0.15) is 71.9 Å². The van der Waals surface area contributed by atoms with E-state index in [4.69, 9.17) is 4.74 Å². The molecule has 0 radical (unpaired) electrons. The summed E-state index contributed by atoms with van der Waals surface area (Å²) in [6.07, 6.45) is 5.68. The van der Waals surface area contributed by atoms with Gasteiger partial charge in [-0.05, 0) is 44.4 Å². The van der Waals surface area contributed by atoms with Crippen LogP contribution in [0.15, 0.2) is 6.20 Å². The Balaban J connectivity index is 2.06. The molecule has 1 aliphatic rings. The topological polar surface area (TPSA) is 59.4 Å². The summed E-state index contributed by atoms with van der Waals surface area (Å²) in [6, 6.07) is -0.0318. The Kier molecular flexibility index (Phi) is 7.09. The highest BCUT2D eigenvalue weighted by Crippen LogP contribution is 2.27. The van der Waals surface area contributed by atoms with Crippen molar-refractivity contribution >= 4 is 11.7 Å². The first kappa shape index (κ1) is 20.7. The quantitative estimate of drug-likeness (QED) is 0.810.